The highest BCUT2D eigenvalue weighted by atomic mass is 16.5. The number of carbonyl (C=O) groups is 2. The maximum absolute atomic E-state index is 12.5. The molecule has 1 saturated carbocycles. The molecule has 1 fully saturated rings. The monoisotopic (exact) mass is 313 g/mol. The number of anilines is 1. The third-order valence-corrected chi connectivity index (χ3v) is 4.87. The summed E-state index contributed by atoms with van der Waals surface area (Å²) in [5.74, 6) is 0.581. The molecule has 4 nitrogen and oxygen atoms in total. The number of esters is 1. The molecule has 0 unspecified atom stereocenters. The Morgan fingerprint density at radius 1 is 1.30 bits per heavy atom. The minimum absolute atomic E-state index is 0.0338. The SMILES string of the molecule is CC(C)=C[C@@H]1[C@H](C(=O)Oc2ccc3c(c2)CCC(=O)N3)C1(C)C. The van der Waals surface area contributed by atoms with Gasteiger partial charge in [0, 0.05) is 12.1 Å². The average molecular weight is 313 g/mol. The smallest absolute Gasteiger partial charge is 0.315 e. The Morgan fingerprint density at radius 2 is 2.04 bits per heavy atom. The molecular weight excluding hydrogens is 290 g/mol. The predicted molar refractivity (Wildman–Crippen MR) is 89.2 cm³/mol. The second kappa shape index (κ2) is 5.52. The molecule has 1 aliphatic carbocycles. The number of aryl methyl sites for hydroxylation is 1. The van der Waals surface area contributed by atoms with E-state index in [4.69, 9.17) is 4.74 Å². The zero-order valence-corrected chi connectivity index (χ0v) is 14.1. The Bertz CT molecular complexity index is 699. The summed E-state index contributed by atoms with van der Waals surface area (Å²) in [7, 11) is 0. The zero-order valence-electron chi connectivity index (χ0n) is 14.1. The first kappa shape index (κ1) is 15.8. The van der Waals surface area contributed by atoms with E-state index in [1.165, 1.54) is 5.57 Å². The van der Waals surface area contributed by atoms with Crippen molar-refractivity contribution in [1.82, 2.24) is 0 Å². The fraction of sp³-hybridized carbons (Fsp3) is 0.474. The fourth-order valence-electron chi connectivity index (χ4n) is 3.40. The molecule has 1 aromatic carbocycles. The zero-order chi connectivity index (χ0) is 16.8. The van der Waals surface area contributed by atoms with Crippen molar-refractivity contribution in [3.05, 3.63) is 35.4 Å². The topological polar surface area (TPSA) is 55.4 Å². The molecule has 1 heterocycles. The summed E-state index contributed by atoms with van der Waals surface area (Å²) in [4.78, 5) is 23.9. The summed E-state index contributed by atoms with van der Waals surface area (Å²) in [5.41, 5.74) is 3.01. The third-order valence-electron chi connectivity index (χ3n) is 4.87. The van der Waals surface area contributed by atoms with Crippen LogP contribution < -0.4 is 10.1 Å². The molecule has 1 N–H and O–H groups in total. The number of nitrogens with one attached hydrogen (secondary N) is 1. The lowest BCUT2D eigenvalue weighted by molar-refractivity contribution is -0.136. The minimum atomic E-state index is -0.169. The number of fused-ring (bicyclic) bond motifs is 1. The first-order valence-corrected chi connectivity index (χ1v) is 8.08. The number of benzene rings is 1. The van der Waals surface area contributed by atoms with Crippen LogP contribution in [0.5, 0.6) is 5.75 Å². The highest BCUT2D eigenvalue weighted by Gasteiger charge is 2.61. The average Bonchev–Trinajstić information content (AvgIpc) is 2.99. The Hall–Kier alpha value is -2.10. The molecule has 0 aromatic heterocycles. The van der Waals surface area contributed by atoms with Crippen LogP contribution in [0.15, 0.2) is 29.8 Å². The van der Waals surface area contributed by atoms with Crippen molar-refractivity contribution < 1.29 is 14.3 Å². The van der Waals surface area contributed by atoms with Crippen molar-refractivity contribution in [2.75, 3.05) is 5.32 Å². The summed E-state index contributed by atoms with van der Waals surface area (Å²) in [6.45, 7) is 8.31. The van der Waals surface area contributed by atoms with Gasteiger partial charge in [-0.15, -0.1) is 0 Å². The van der Waals surface area contributed by atoms with E-state index in [-0.39, 0.29) is 29.1 Å². The van der Waals surface area contributed by atoms with Gasteiger partial charge in [0.1, 0.15) is 5.75 Å². The van der Waals surface area contributed by atoms with E-state index >= 15 is 0 Å². The number of carbonyl (C=O) groups excluding carboxylic acids is 2. The van der Waals surface area contributed by atoms with Crippen molar-refractivity contribution >= 4 is 17.6 Å². The van der Waals surface area contributed by atoms with Gasteiger partial charge < -0.3 is 10.1 Å². The lowest BCUT2D eigenvalue weighted by Crippen LogP contribution is -2.19. The molecule has 23 heavy (non-hydrogen) atoms. The van der Waals surface area contributed by atoms with Gasteiger partial charge in [0.15, 0.2) is 0 Å². The van der Waals surface area contributed by atoms with Crippen LogP contribution in [-0.2, 0) is 16.0 Å². The maximum Gasteiger partial charge on any atom is 0.315 e. The van der Waals surface area contributed by atoms with Gasteiger partial charge in [0.25, 0.3) is 0 Å². The van der Waals surface area contributed by atoms with Crippen molar-refractivity contribution in [3.8, 4) is 5.75 Å². The van der Waals surface area contributed by atoms with Crippen LogP contribution in [0.25, 0.3) is 0 Å². The molecule has 1 aliphatic heterocycles. The van der Waals surface area contributed by atoms with Crippen molar-refractivity contribution in [2.24, 2.45) is 17.3 Å². The number of amides is 1. The summed E-state index contributed by atoms with van der Waals surface area (Å²) in [6.07, 6.45) is 3.32. The first-order valence-electron chi connectivity index (χ1n) is 8.08. The van der Waals surface area contributed by atoms with Crippen LogP contribution in [0.3, 0.4) is 0 Å². The molecule has 4 heteroatoms. The standard InChI is InChI=1S/C19H23NO3/c1-11(2)9-14-17(19(14,3)4)18(22)23-13-6-7-15-12(10-13)5-8-16(21)20-15/h6-7,9-10,14,17H,5,8H2,1-4H3,(H,20,21)/t14-,17-/m1/s1. The largest absolute Gasteiger partial charge is 0.426 e. The molecule has 0 saturated heterocycles. The van der Waals surface area contributed by atoms with Gasteiger partial charge >= 0.3 is 5.97 Å². The molecular formula is C19H23NO3. The number of hydrogen-bond donors (Lipinski definition) is 1. The molecule has 2 atom stereocenters. The van der Waals surface area contributed by atoms with Crippen molar-refractivity contribution in [1.29, 1.82) is 0 Å². The molecule has 122 valence electrons. The van der Waals surface area contributed by atoms with E-state index in [0.717, 1.165) is 11.3 Å². The van der Waals surface area contributed by atoms with Crippen LogP contribution in [0.1, 0.15) is 39.7 Å². The number of ether oxygens (including phenoxy) is 1. The number of hydrogen-bond acceptors (Lipinski definition) is 3. The van der Waals surface area contributed by atoms with Gasteiger partial charge in [-0.05, 0) is 55.4 Å². The highest BCUT2D eigenvalue weighted by Crippen LogP contribution is 2.59. The molecule has 3 rings (SSSR count). The Balaban J connectivity index is 1.72. The second-order valence-electron chi connectivity index (χ2n) is 7.36. The summed E-state index contributed by atoms with van der Waals surface area (Å²) >= 11 is 0. The number of allylic oxidation sites excluding steroid dienone is 2. The fourth-order valence-corrected chi connectivity index (χ4v) is 3.40. The van der Waals surface area contributed by atoms with E-state index in [9.17, 15) is 9.59 Å². The molecule has 1 aromatic rings. The lowest BCUT2D eigenvalue weighted by atomic mass is 10.0. The van der Waals surface area contributed by atoms with Crippen LogP contribution in [-0.4, -0.2) is 11.9 Å². The van der Waals surface area contributed by atoms with E-state index in [2.05, 4.69) is 39.1 Å². The Labute approximate surface area is 136 Å². The van der Waals surface area contributed by atoms with Gasteiger partial charge in [-0.3, -0.25) is 9.59 Å². The Morgan fingerprint density at radius 3 is 2.74 bits per heavy atom. The van der Waals surface area contributed by atoms with Gasteiger partial charge in [-0.2, -0.15) is 0 Å². The Kier molecular flexibility index (Phi) is 3.78. The normalized spacial score (nSPS) is 24.3. The number of rotatable bonds is 3. The predicted octanol–water partition coefficient (Wildman–Crippen LogP) is 3.72. The molecule has 0 spiro atoms. The van der Waals surface area contributed by atoms with Gasteiger partial charge in [0.05, 0.1) is 5.92 Å². The van der Waals surface area contributed by atoms with Crippen LogP contribution in [0, 0.1) is 17.3 Å². The van der Waals surface area contributed by atoms with Crippen LogP contribution in [0.4, 0.5) is 5.69 Å². The first-order chi connectivity index (χ1) is 10.8. The highest BCUT2D eigenvalue weighted by molar-refractivity contribution is 5.94. The van der Waals surface area contributed by atoms with Crippen LogP contribution >= 0.6 is 0 Å². The molecule has 0 radical (unpaired) electrons. The van der Waals surface area contributed by atoms with Gasteiger partial charge in [-0.25, -0.2) is 0 Å². The summed E-state index contributed by atoms with van der Waals surface area (Å²) in [5, 5.41) is 2.83. The summed E-state index contributed by atoms with van der Waals surface area (Å²) < 4.78 is 5.60. The quantitative estimate of drug-likeness (QED) is 0.526. The van der Waals surface area contributed by atoms with E-state index in [1.54, 1.807) is 12.1 Å². The third kappa shape index (κ3) is 3.03. The lowest BCUT2D eigenvalue weighted by Gasteiger charge is -2.17. The maximum atomic E-state index is 12.5. The van der Waals surface area contributed by atoms with Crippen LogP contribution in [0.2, 0.25) is 0 Å². The van der Waals surface area contributed by atoms with Crippen molar-refractivity contribution in [3.63, 3.8) is 0 Å². The molecule has 0 bridgehead atoms. The van der Waals surface area contributed by atoms with Crippen molar-refractivity contribution in [2.45, 2.75) is 40.5 Å². The minimum Gasteiger partial charge on any atom is -0.426 e. The van der Waals surface area contributed by atoms with Gasteiger partial charge in [-0.1, -0.05) is 25.5 Å². The van der Waals surface area contributed by atoms with Gasteiger partial charge in [0.2, 0.25) is 5.91 Å². The van der Waals surface area contributed by atoms with E-state index in [0.29, 0.717) is 18.6 Å². The van der Waals surface area contributed by atoms with E-state index < -0.39 is 0 Å². The van der Waals surface area contributed by atoms with E-state index in [1.807, 2.05) is 6.07 Å². The summed E-state index contributed by atoms with van der Waals surface area (Å²) in [6, 6.07) is 5.41. The molecule has 1 amide bonds. The molecule has 2 aliphatic rings. The second-order valence-corrected chi connectivity index (χ2v) is 7.36.